The summed E-state index contributed by atoms with van der Waals surface area (Å²) in [5.74, 6) is 0.595. The summed E-state index contributed by atoms with van der Waals surface area (Å²) in [6.07, 6.45) is 1.60. The first-order valence-electron chi connectivity index (χ1n) is 8.52. The van der Waals surface area contributed by atoms with Gasteiger partial charge in [0.1, 0.15) is 11.3 Å². The van der Waals surface area contributed by atoms with Crippen LogP contribution in [0.5, 0.6) is 5.75 Å². The molecule has 0 fully saturated rings. The number of methoxy groups -OCH3 is 1. The average Bonchev–Trinajstić information content (AvgIpc) is 3.16. The highest BCUT2D eigenvalue weighted by Gasteiger charge is 2.13. The van der Waals surface area contributed by atoms with Crippen LogP contribution in [0.25, 0.3) is 16.7 Å². The molecule has 0 unspecified atom stereocenters. The first kappa shape index (κ1) is 16.7. The van der Waals surface area contributed by atoms with E-state index in [9.17, 15) is 4.79 Å². The van der Waals surface area contributed by atoms with E-state index in [0.717, 1.165) is 16.6 Å². The molecule has 1 aromatic heterocycles. The maximum absolute atomic E-state index is 12.9. The number of ketones is 1. The van der Waals surface area contributed by atoms with Gasteiger partial charge >= 0.3 is 0 Å². The molecule has 0 saturated carbocycles. The number of para-hydroxylation sites is 1. The van der Waals surface area contributed by atoms with Gasteiger partial charge in [0.05, 0.1) is 18.3 Å². The fourth-order valence-electron chi connectivity index (χ4n) is 2.89. The van der Waals surface area contributed by atoms with Gasteiger partial charge in [-0.2, -0.15) is 0 Å². The maximum atomic E-state index is 12.9. The Hall–Kier alpha value is -3.73. The van der Waals surface area contributed by atoms with E-state index in [1.807, 2.05) is 54.6 Å². The lowest BCUT2D eigenvalue weighted by atomic mass is 10.1. The molecule has 132 valence electrons. The van der Waals surface area contributed by atoms with Crippen molar-refractivity contribution >= 4 is 22.5 Å². The second kappa shape index (κ2) is 7.25. The first-order chi connectivity index (χ1) is 13.3. The van der Waals surface area contributed by atoms with Crippen LogP contribution in [-0.4, -0.2) is 27.9 Å². The van der Waals surface area contributed by atoms with Gasteiger partial charge < -0.3 is 4.74 Å². The summed E-state index contributed by atoms with van der Waals surface area (Å²) in [6, 6.07) is 24.4. The third-order valence-corrected chi connectivity index (χ3v) is 4.29. The Morgan fingerprint density at radius 3 is 2.33 bits per heavy atom. The first-order valence-corrected chi connectivity index (χ1v) is 8.52. The van der Waals surface area contributed by atoms with Crippen molar-refractivity contribution in [3.8, 4) is 5.75 Å². The van der Waals surface area contributed by atoms with Gasteiger partial charge in [-0.25, -0.2) is 4.68 Å². The molecule has 0 N–H and O–H groups in total. The van der Waals surface area contributed by atoms with E-state index in [4.69, 9.17) is 4.74 Å². The molecule has 0 bridgehead atoms. The van der Waals surface area contributed by atoms with Gasteiger partial charge in [-0.1, -0.05) is 47.7 Å². The predicted octanol–water partition coefficient (Wildman–Crippen LogP) is 4.21. The standard InChI is InChI=1S/C22H17N3O2/c1-27-18-13-11-17(12-14-18)22(26)15-21(16-7-3-2-4-8-16)25-20-10-6-5-9-19(20)23-24-25/h2-15H,1H3/b21-15-. The highest BCUT2D eigenvalue weighted by atomic mass is 16.5. The molecular formula is C22H17N3O2. The van der Waals surface area contributed by atoms with Gasteiger partial charge in [0.25, 0.3) is 0 Å². The van der Waals surface area contributed by atoms with Crippen LogP contribution in [0, 0.1) is 0 Å². The molecule has 0 spiro atoms. The van der Waals surface area contributed by atoms with Crippen molar-refractivity contribution in [1.29, 1.82) is 0 Å². The third kappa shape index (κ3) is 3.35. The summed E-state index contributed by atoms with van der Waals surface area (Å²) in [5.41, 5.74) is 3.75. The lowest BCUT2D eigenvalue weighted by Crippen LogP contribution is -2.05. The van der Waals surface area contributed by atoms with Crippen molar-refractivity contribution in [3.63, 3.8) is 0 Å². The molecule has 3 aromatic carbocycles. The van der Waals surface area contributed by atoms with Crippen molar-refractivity contribution in [2.24, 2.45) is 0 Å². The highest BCUT2D eigenvalue weighted by molar-refractivity contribution is 6.09. The fourth-order valence-corrected chi connectivity index (χ4v) is 2.89. The van der Waals surface area contributed by atoms with Crippen molar-refractivity contribution in [2.45, 2.75) is 0 Å². The molecule has 0 saturated heterocycles. The molecule has 0 aliphatic heterocycles. The summed E-state index contributed by atoms with van der Waals surface area (Å²) in [6.45, 7) is 0. The molecule has 0 radical (unpaired) electrons. The third-order valence-electron chi connectivity index (χ3n) is 4.29. The Bertz CT molecular complexity index is 1110. The Balaban J connectivity index is 1.83. The number of rotatable bonds is 5. The number of benzene rings is 3. The number of aromatic nitrogens is 3. The summed E-state index contributed by atoms with van der Waals surface area (Å²) in [5, 5.41) is 8.48. The van der Waals surface area contributed by atoms with Crippen LogP contribution in [-0.2, 0) is 0 Å². The normalized spacial score (nSPS) is 11.5. The van der Waals surface area contributed by atoms with Crippen molar-refractivity contribution in [1.82, 2.24) is 15.0 Å². The molecular weight excluding hydrogens is 338 g/mol. The lowest BCUT2D eigenvalue weighted by molar-refractivity contribution is 0.104. The van der Waals surface area contributed by atoms with E-state index in [-0.39, 0.29) is 5.78 Å². The van der Waals surface area contributed by atoms with E-state index in [2.05, 4.69) is 10.3 Å². The van der Waals surface area contributed by atoms with E-state index in [1.54, 1.807) is 42.1 Å². The summed E-state index contributed by atoms with van der Waals surface area (Å²) in [7, 11) is 1.60. The van der Waals surface area contributed by atoms with Crippen molar-refractivity contribution in [2.75, 3.05) is 7.11 Å². The van der Waals surface area contributed by atoms with Crippen LogP contribution in [0.3, 0.4) is 0 Å². The summed E-state index contributed by atoms with van der Waals surface area (Å²) < 4.78 is 6.86. The number of fused-ring (bicyclic) bond motifs is 1. The van der Waals surface area contributed by atoms with Crippen LogP contribution in [0.15, 0.2) is 84.9 Å². The topological polar surface area (TPSA) is 57.0 Å². The van der Waals surface area contributed by atoms with Crippen LogP contribution >= 0.6 is 0 Å². The minimum atomic E-state index is -0.115. The zero-order valence-corrected chi connectivity index (χ0v) is 14.7. The van der Waals surface area contributed by atoms with Crippen LogP contribution in [0.1, 0.15) is 15.9 Å². The quantitative estimate of drug-likeness (QED) is 0.397. The molecule has 0 aliphatic rings. The summed E-state index contributed by atoms with van der Waals surface area (Å²) in [4.78, 5) is 12.9. The number of carbonyl (C=O) groups excluding carboxylic acids is 1. The smallest absolute Gasteiger partial charge is 0.188 e. The largest absolute Gasteiger partial charge is 0.497 e. The second-order valence-corrected chi connectivity index (χ2v) is 5.98. The minimum absolute atomic E-state index is 0.115. The molecule has 1 heterocycles. The Morgan fingerprint density at radius 1 is 0.889 bits per heavy atom. The van der Waals surface area contributed by atoms with Crippen molar-refractivity contribution in [3.05, 3.63) is 96.1 Å². The molecule has 0 atom stereocenters. The molecule has 4 rings (SSSR count). The van der Waals surface area contributed by atoms with E-state index < -0.39 is 0 Å². The number of allylic oxidation sites excluding steroid dienone is 1. The maximum Gasteiger partial charge on any atom is 0.188 e. The fraction of sp³-hybridized carbons (Fsp3) is 0.0455. The second-order valence-electron chi connectivity index (χ2n) is 5.98. The summed E-state index contributed by atoms with van der Waals surface area (Å²) >= 11 is 0. The lowest BCUT2D eigenvalue weighted by Gasteiger charge is -2.09. The van der Waals surface area contributed by atoms with Crippen molar-refractivity contribution < 1.29 is 9.53 Å². The zero-order valence-electron chi connectivity index (χ0n) is 14.7. The molecule has 4 aromatic rings. The van der Waals surface area contributed by atoms with Gasteiger partial charge in [-0.15, -0.1) is 5.10 Å². The molecule has 0 amide bonds. The number of ether oxygens (including phenoxy) is 1. The minimum Gasteiger partial charge on any atom is -0.497 e. The number of nitrogens with zero attached hydrogens (tertiary/aromatic N) is 3. The van der Waals surface area contributed by atoms with Gasteiger partial charge in [-0.05, 0) is 36.4 Å². The Morgan fingerprint density at radius 2 is 1.59 bits per heavy atom. The Kier molecular flexibility index (Phi) is 4.49. The van der Waals surface area contributed by atoms with Gasteiger partial charge in [0.2, 0.25) is 0 Å². The average molecular weight is 355 g/mol. The number of carbonyl (C=O) groups is 1. The number of hydrogen-bond acceptors (Lipinski definition) is 4. The molecule has 0 aliphatic carbocycles. The monoisotopic (exact) mass is 355 g/mol. The predicted molar refractivity (Wildman–Crippen MR) is 105 cm³/mol. The van der Waals surface area contributed by atoms with E-state index >= 15 is 0 Å². The molecule has 5 nitrogen and oxygen atoms in total. The molecule has 27 heavy (non-hydrogen) atoms. The van der Waals surface area contributed by atoms with E-state index in [0.29, 0.717) is 17.0 Å². The number of hydrogen-bond donors (Lipinski definition) is 0. The Labute approximate surface area is 156 Å². The zero-order chi connectivity index (χ0) is 18.6. The van der Waals surface area contributed by atoms with Crippen LogP contribution in [0.2, 0.25) is 0 Å². The van der Waals surface area contributed by atoms with Gasteiger partial charge in [0, 0.05) is 17.2 Å². The van der Waals surface area contributed by atoms with E-state index in [1.165, 1.54) is 0 Å². The van der Waals surface area contributed by atoms with Crippen LogP contribution in [0.4, 0.5) is 0 Å². The molecule has 5 heteroatoms. The SMILES string of the molecule is COc1ccc(C(=O)/C=C(/c2ccccc2)n2nnc3ccccc32)cc1. The van der Waals surface area contributed by atoms with Gasteiger partial charge in [0.15, 0.2) is 5.78 Å². The van der Waals surface area contributed by atoms with Crippen LogP contribution < -0.4 is 4.74 Å². The van der Waals surface area contributed by atoms with Gasteiger partial charge in [-0.3, -0.25) is 4.79 Å². The highest BCUT2D eigenvalue weighted by Crippen LogP contribution is 2.22.